The predicted molar refractivity (Wildman–Crippen MR) is 116 cm³/mol. The second kappa shape index (κ2) is 24.0. The first-order valence-electron chi connectivity index (χ1n) is 11.0. The van der Waals surface area contributed by atoms with Crippen LogP contribution >= 0.6 is 0 Å². The van der Waals surface area contributed by atoms with Gasteiger partial charge in [0.1, 0.15) is 0 Å². The van der Waals surface area contributed by atoms with Crippen molar-refractivity contribution in [2.75, 3.05) is 0 Å². The van der Waals surface area contributed by atoms with Gasteiger partial charge in [0.15, 0.2) is 17.4 Å². The summed E-state index contributed by atoms with van der Waals surface area (Å²) in [5, 5.41) is 8.56. The van der Waals surface area contributed by atoms with E-state index in [0.717, 1.165) is 12.8 Å². The van der Waals surface area contributed by atoms with E-state index in [-0.39, 0.29) is 17.4 Å². The Morgan fingerprint density at radius 3 is 1.00 bits per heavy atom. The van der Waals surface area contributed by atoms with Gasteiger partial charge in [-0.3, -0.25) is 4.79 Å². The molecule has 0 saturated heterocycles. The zero-order valence-corrected chi connectivity index (χ0v) is 16.5. The van der Waals surface area contributed by atoms with Crippen molar-refractivity contribution >= 4 is 23.3 Å². The lowest BCUT2D eigenvalue weighted by Crippen LogP contribution is -1.93. The first-order valence-corrected chi connectivity index (χ1v) is 11.0. The van der Waals surface area contributed by atoms with Crippen molar-refractivity contribution in [3.63, 3.8) is 0 Å². The largest absolute Gasteiger partial charge is 0.481 e. The van der Waals surface area contributed by atoms with Crippen molar-refractivity contribution in [3.8, 4) is 0 Å². The van der Waals surface area contributed by atoms with Crippen LogP contribution in [0.15, 0.2) is 0 Å². The number of carbonyl (C=O) groups is 1. The van der Waals surface area contributed by atoms with E-state index in [1.54, 1.807) is 0 Å². The maximum atomic E-state index is 10.4. The summed E-state index contributed by atoms with van der Waals surface area (Å²) in [4.78, 5) is 10.4. The summed E-state index contributed by atoms with van der Waals surface area (Å²) in [7, 11) is 0. The topological polar surface area (TPSA) is 37.3 Å². The molecule has 0 aromatic rings. The number of hydrogen-bond donors (Lipinski definition) is 1. The highest BCUT2D eigenvalue weighted by molar-refractivity contribution is 5.75. The highest BCUT2D eigenvalue weighted by Crippen LogP contribution is 2.14. The Balaban J connectivity index is 0. The fourth-order valence-electron chi connectivity index (χ4n) is 3.35. The summed E-state index contributed by atoms with van der Waals surface area (Å²) < 4.78 is 0. The Morgan fingerprint density at radius 2 is 0.760 bits per heavy atom. The van der Waals surface area contributed by atoms with E-state index in [0.29, 0.717) is 6.42 Å². The van der Waals surface area contributed by atoms with Crippen LogP contribution < -0.4 is 0 Å². The molecule has 2 nitrogen and oxygen atoms in total. The Bertz CT molecular complexity index is 256. The van der Waals surface area contributed by atoms with E-state index in [2.05, 4.69) is 6.92 Å². The Morgan fingerprint density at radius 1 is 0.520 bits per heavy atom. The molecule has 25 heavy (non-hydrogen) atoms. The summed E-state index contributed by atoms with van der Waals surface area (Å²) in [5.41, 5.74) is 0. The van der Waals surface area contributed by atoms with Gasteiger partial charge in [0, 0.05) is 6.42 Å². The summed E-state index contributed by atoms with van der Waals surface area (Å²) >= 11 is 0. The van der Waals surface area contributed by atoms with E-state index >= 15 is 0 Å². The highest BCUT2D eigenvalue weighted by Gasteiger charge is 1.97. The zero-order chi connectivity index (χ0) is 17.7. The quantitative estimate of drug-likeness (QED) is 0.191. The van der Waals surface area contributed by atoms with Crippen LogP contribution in [0.3, 0.4) is 0 Å². The van der Waals surface area contributed by atoms with E-state index in [1.807, 2.05) is 0 Å². The number of aliphatic carboxylic acids is 1. The lowest BCUT2D eigenvalue weighted by Gasteiger charge is -2.03. The number of unbranched alkanes of at least 4 members (excludes halogenated alkanes) is 18. The minimum atomic E-state index is -0.651. The summed E-state index contributed by atoms with van der Waals surface area (Å²) in [5.74, 6) is -0.651. The third-order valence-electron chi connectivity index (χ3n) is 4.99. The van der Waals surface area contributed by atoms with Crippen molar-refractivity contribution < 1.29 is 9.90 Å². The Hall–Kier alpha value is 0.00247. The third-order valence-corrected chi connectivity index (χ3v) is 4.99. The molecule has 0 bridgehead atoms. The second-order valence-corrected chi connectivity index (χ2v) is 7.51. The molecular weight excluding hydrogens is 323 g/mol. The molecule has 0 radical (unpaired) electrons. The first-order chi connectivity index (χ1) is 11.8. The SMILES string of the molecule is CCCCCCCCCCCCCCCCCCCCCC(=O)O.[AlH3]. The molecule has 0 amide bonds. The Labute approximate surface area is 168 Å². The lowest BCUT2D eigenvalue weighted by atomic mass is 10.0. The van der Waals surface area contributed by atoms with E-state index in [9.17, 15) is 4.79 Å². The second-order valence-electron chi connectivity index (χ2n) is 7.51. The minimum absolute atomic E-state index is 0. The van der Waals surface area contributed by atoms with Gasteiger partial charge in [-0.05, 0) is 6.42 Å². The predicted octanol–water partition coefficient (Wildman–Crippen LogP) is 6.71. The highest BCUT2D eigenvalue weighted by atomic mass is 27.0. The monoisotopic (exact) mass is 370 g/mol. The van der Waals surface area contributed by atoms with Crippen molar-refractivity contribution in [1.29, 1.82) is 0 Å². The summed E-state index contributed by atoms with van der Waals surface area (Å²) in [6, 6.07) is 0. The average molecular weight is 371 g/mol. The molecular formula is C22H47AlO2. The fourth-order valence-corrected chi connectivity index (χ4v) is 3.35. The molecule has 0 saturated carbocycles. The van der Waals surface area contributed by atoms with Gasteiger partial charge in [0.25, 0.3) is 0 Å². The number of rotatable bonds is 20. The number of hydrogen-bond acceptors (Lipinski definition) is 1. The molecule has 0 rings (SSSR count). The third kappa shape index (κ3) is 26.3. The molecule has 0 fully saturated rings. The average Bonchev–Trinajstić information content (AvgIpc) is 2.56. The van der Waals surface area contributed by atoms with E-state index in [4.69, 9.17) is 5.11 Å². The molecule has 150 valence electrons. The van der Waals surface area contributed by atoms with Crippen LogP contribution in [-0.2, 0) is 4.79 Å². The molecule has 0 atom stereocenters. The molecule has 0 aromatic heterocycles. The molecule has 0 unspecified atom stereocenters. The fraction of sp³-hybridized carbons (Fsp3) is 0.955. The first kappa shape index (κ1) is 27.2. The van der Waals surface area contributed by atoms with Gasteiger partial charge in [-0.25, -0.2) is 0 Å². The molecule has 0 aliphatic rings. The van der Waals surface area contributed by atoms with Gasteiger partial charge in [-0.2, -0.15) is 0 Å². The number of carboxylic acid groups (broad SMARTS) is 1. The molecule has 0 aliphatic heterocycles. The lowest BCUT2D eigenvalue weighted by molar-refractivity contribution is -0.137. The smallest absolute Gasteiger partial charge is 0.303 e. The van der Waals surface area contributed by atoms with Crippen LogP contribution in [-0.4, -0.2) is 28.4 Å². The van der Waals surface area contributed by atoms with Crippen LogP contribution in [0.2, 0.25) is 0 Å². The van der Waals surface area contributed by atoms with Crippen LogP contribution in [0.4, 0.5) is 0 Å². The molecule has 0 aliphatic carbocycles. The maximum Gasteiger partial charge on any atom is 0.303 e. The van der Waals surface area contributed by atoms with Gasteiger partial charge in [0.05, 0.1) is 0 Å². The molecule has 0 heterocycles. The molecule has 3 heteroatoms. The van der Waals surface area contributed by atoms with Crippen LogP contribution in [0.25, 0.3) is 0 Å². The molecule has 0 aromatic carbocycles. The standard InChI is InChI=1S/C22H44O2.Al.3H/c1-2-3-4-5-6-7-8-9-10-11-12-13-14-15-16-17-18-19-20-21-22(23)24;;;;/h2-21H2,1H3,(H,23,24);;;;. The van der Waals surface area contributed by atoms with E-state index in [1.165, 1.54) is 109 Å². The van der Waals surface area contributed by atoms with Crippen LogP contribution in [0.1, 0.15) is 135 Å². The van der Waals surface area contributed by atoms with Crippen molar-refractivity contribution in [2.45, 2.75) is 135 Å². The van der Waals surface area contributed by atoms with E-state index < -0.39 is 5.97 Å². The van der Waals surface area contributed by atoms with Crippen molar-refractivity contribution in [1.82, 2.24) is 0 Å². The molecule has 1 N–H and O–H groups in total. The van der Waals surface area contributed by atoms with Crippen LogP contribution in [0.5, 0.6) is 0 Å². The van der Waals surface area contributed by atoms with Gasteiger partial charge in [-0.1, -0.05) is 122 Å². The summed E-state index contributed by atoms with van der Waals surface area (Å²) in [6.45, 7) is 2.28. The zero-order valence-electron chi connectivity index (χ0n) is 16.5. The number of carboxylic acids is 1. The van der Waals surface area contributed by atoms with Crippen LogP contribution in [0, 0.1) is 0 Å². The summed E-state index contributed by atoms with van der Waals surface area (Å²) in [6.07, 6.45) is 26.1. The van der Waals surface area contributed by atoms with Crippen molar-refractivity contribution in [3.05, 3.63) is 0 Å². The van der Waals surface area contributed by atoms with Gasteiger partial charge < -0.3 is 5.11 Å². The molecule has 0 spiro atoms. The van der Waals surface area contributed by atoms with Crippen molar-refractivity contribution in [2.24, 2.45) is 0 Å². The maximum absolute atomic E-state index is 10.4. The van der Waals surface area contributed by atoms with Gasteiger partial charge in [-0.15, -0.1) is 0 Å². The Kier molecular flexibility index (Phi) is 26.1. The normalized spacial score (nSPS) is 10.6. The minimum Gasteiger partial charge on any atom is -0.481 e. The van der Waals surface area contributed by atoms with Gasteiger partial charge in [0.2, 0.25) is 0 Å². The van der Waals surface area contributed by atoms with Gasteiger partial charge >= 0.3 is 5.97 Å².